The highest BCUT2D eigenvalue weighted by Crippen LogP contribution is 2.27. The lowest BCUT2D eigenvalue weighted by atomic mass is 10.1. The fourth-order valence-corrected chi connectivity index (χ4v) is 2.27. The van der Waals surface area contributed by atoms with Crippen molar-refractivity contribution in [1.29, 1.82) is 0 Å². The molecular weight excluding hydrogens is 302 g/mol. The van der Waals surface area contributed by atoms with Gasteiger partial charge in [0.15, 0.2) is 0 Å². The maximum atomic E-state index is 5.95. The van der Waals surface area contributed by atoms with E-state index >= 15 is 0 Å². The molecule has 1 atom stereocenters. The summed E-state index contributed by atoms with van der Waals surface area (Å²) in [6.07, 6.45) is 0.895. The average Bonchev–Trinajstić information content (AvgIpc) is 2.39. The number of nitrogens with two attached hydrogens (primary N) is 1. The van der Waals surface area contributed by atoms with E-state index in [2.05, 4.69) is 28.1 Å². The van der Waals surface area contributed by atoms with Crippen molar-refractivity contribution in [2.45, 2.75) is 19.4 Å². The molecule has 0 unspecified atom stereocenters. The van der Waals surface area contributed by atoms with Crippen molar-refractivity contribution in [3.05, 3.63) is 64.1 Å². The van der Waals surface area contributed by atoms with Gasteiger partial charge in [-0.3, -0.25) is 0 Å². The zero-order valence-electron chi connectivity index (χ0n) is 11.0. The number of halogens is 1. The van der Waals surface area contributed by atoms with Crippen molar-refractivity contribution in [2.24, 2.45) is 5.73 Å². The molecule has 2 aromatic rings. The van der Waals surface area contributed by atoms with Crippen molar-refractivity contribution in [3.63, 3.8) is 0 Å². The van der Waals surface area contributed by atoms with E-state index in [1.807, 2.05) is 43.3 Å². The first-order chi connectivity index (χ1) is 9.16. The van der Waals surface area contributed by atoms with Crippen LogP contribution in [0.4, 0.5) is 0 Å². The third kappa shape index (κ3) is 4.08. The van der Waals surface area contributed by atoms with Crippen LogP contribution in [0.15, 0.2) is 53.0 Å². The quantitative estimate of drug-likeness (QED) is 0.900. The molecule has 3 heteroatoms. The zero-order valence-corrected chi connectivity index (χ0v) is 12.6. The van der Waals surface area contributed by atoms with Gasteiger partial charge in [-0.25, -0.2) is 0 Å². The molecule has 0 amide bonds. The Balaban J connectivity index is 2.01. The highest BCUT2D eigenvalue weighted by Gasteiger charge is 2.08. The molecule has 19 heavy (non-hydrogen) atoms. The third-order valence-corrected chi connectivity index (χ3v) is 3.45. The highest BCUT2D eigenvalue weighted by molar-refractivity contribution is 9.10. The Morgan fingerprint density at radius 3 is 2.58 bits per heavy atom. The predicted octanol–water partition coefficient (Wildman–Crippen LogP) is 4.09. The van der Waals surface area contributed by atoms with Gasteiger partial charge in [-0.15, -0.1) is 0 Å². The average molecular weight is 320 g/mol. The van der Waals surface area contributed by atoms with Gasteiger partial charge in [-0.05, 0) is 24.6 Å². The molecule has 0 bridgehead atoms. The number of ether oxygens (including phenoxy) is 1. The molecule has 0 saturated carbocycles. The van der Waals surface area contributed by atoms with Crippen LogP contribution < -0.4 is 10.5 Å². The molecule has 2 aromatic carbocycles. The smallest absolute Gasteiger partial charge is 0.125 e. The van der Waals surface area contributed by atoms with E-state index in [9.17, 15) is 0 Å². The Bertz CT molecular complexity index is 526. The van der Waals surface area contributed by atoms with Gasteiger partial charge in [-0.1, -0.05) is 52.3 Å². The second kappa shape index (κ2) is 6.73. The third-order valence-electron chi connectivity index (χ3n) is 2.96. The molecule has 2 rings (SSSR count). The zero-order chi connectivity index (χ0) is 13.7. The number of hydrogen-bond acceptors (Lipinski definition) is 2. The van der Waals surface area contributed by atoms with E-state index in [1.165, 1.54) is 5.56 Å². The van der Waals surface area contributed by atoms with Crippen LogP contribution in [0.5, 0.6) is 5.75 Å². The Labute approximate surface area is 122 Å². The fraction of sp³-hybridized carbons (Fsp3) is 0.250. The van der Waals surface area contributed by atoms with Gasteiger partial charge in [-0.2, -0.15) is 0 Å². The van der Waals surface area contributed by atoms with Crippen LogP contribution in [0.3, 0.4) is 0 Å². The van der Waals surface area contributed by atoms with E-state index in [1.54, 1.807) is 0 Å². The topological polar surface area (TPSA) is 35.2 Å². The van der Waals surface area contributed by atoms with Gasteiger partial charge >= 0.3 is 0 Å². The van der Waals surface area contributed by atoms with Crippen LogP contribution in [-0.2, 0) is 6.42 Å². The van der Waals surface area contributed by atoms with E-state index in [0.29, 0.717) is 6.61 Å². The fourth-order valence-electron chi connectivity index (χ4n) is 1.93. The van der Waals surface area contributed by atoms with Crippen LogP contribution in [0.1, 0.15) is 24.1 Å². The molecule has 0 aromatic heterocycles. The molecule has 0 spiro atoms. The van der Waals surface area contributed by atoms with E-state index in [0.717, 1.165) is 22.2 Å². The Morgan fingerprint density at radius 2 is 1.89 bits per heavy atom. The molecule has 2 N–H and O–H groups in total. The van der Waals surface area contributed by atoms with E-state index in [-0.39, 0.29) is 6.04 Å². The van der Waals surface area contributed by atoms with Crippen LogP contribution in [0, 0.1) is 0 Å². The second-order valence-corrected chi connectivity index (χ2v) is 5.47. The van der Waals surface area contributed by atoms with Crippen molar-refractivity contribution in [3.8, 4) is 5.75 Å². The number of benzene rings is 2. The molecule has 0 saturated heterocycles. The maximum Gasteiger partial charge on any atom is 0.125 e. The minimum atomic E-state index is -0.0279. The number of rotatable bonds is 5. The first-order valence-electron chi connectivity index (χ1n) is 6.38. The molecule has 2 nitrogen and oxygen atoms in total. The lowest BCUT2D eigenvalue weighted by Gasteiger charge is -2.14. The van der Waals surface area contributed by atoms with Crippen LogP contribution in [-0.4, -0.2) is 6.61 Å². The van der Waals surface area contributed by atoms with Crippen LogP contribution in [0.2, 0.25) is 0 Å². The largest absolute Gasteiger partial charge is 0.493 e. The van der Waals surface area contributed by atoms with Crippen LogP contribution >= 0.6 is 15.9 Å². The van der Waals surface area contributed by atoms with Crippen molar-refractivity contribution in [1.82, 2.24) is 0 Å². The summed E-state index contributed by atoms with van der Waals surface area (Å²) < 4.78 is 6.88. The predicted molar refractivity (Wildman–Crippen MR) is 82.4 cm³/mol. The Kier molecular flexibility index (Phi) is 5.00. The Hall–Kier alpha value is -1.32. The normalized spacial score (nSPS) is 12.2. The molecule has 0 aliphatic carbocycles. The Morgan fingerprint density at radius 1 is 1.16 bits per heavy atom. The summed E-state index contributed by atoms with van der Waals surface area (Å²) in [6.45, 7) is 2.62. The summed E-state index contributed by atoms with van der Waals surface area (Å²) in [4.78, 5) is 0. The summed E-state index contributed by atoms with van der Waals surface area (Å²) in [5.74, 6) is 0.861. The molecule has 0 aliphatic heterocycles. The van der Waals surface area contributed by atoms with Gasteiger partial charge in [0.2, 0.25) is 0 Å². The van der Waals surface area contributed by atoms with Crippen molar-refractivity contribution < 1.29 is 4.74 Å². The van der Waals surface area contributed by atoms with Gasteiger partial charge < -0.3 is 10.5 Å². The summed E-state index contributed by atoms with van der Waals surface area (Å²) in [5.41, 5.74) is 8.27. The maximum absolute atomic E-state index is 5.95. The monoisotopic (exact) mass is 319 g/mol. The summed E-state index contributed by atoms with van der Waals surface area (Å²) in [5, 5.41) is 0. The van der Waals surface area contributed by atoms with Crippen molar-refractivity contribution in [2.75, 3.05) is 6.61 Å². The minimum Gasteiger partial charge on any atom is -0.493 e. The standard InChI is InChI=1S/C16H18BrNO/c1-12(18)15-8-7-14(17)11-16(15)19-10-9-13-5-3-2-4-6-13/h2-8,11-12H,9-10,18H2,1H3/t12-/m1/s1. The summed E-state index contributed by atoms with van der Waals surface area (Å²) >= 11 is 3.46. The lowest BCUT2D eigenvalue weighted by molar-refractivity contribution is 0.317. The molecular formula is C16H18BrNO. The molecule has 100 valence electrons. The highest BCUT2D eigenvalue weighted by atomic mass is 79.9. The van der Waals surface area contributed by atoms with Crippen LogP contribution in [0.25, 0.3) is 0 Å². The minimum absolute atomic E-state index is 0.0279. The molecule has 0 radical (unpaired) electrons. The van der Waals surface area contributed by atoms with E-state index in [4.69, 9.17) is 10.5 Å². The lowest BCUT2D eigenvalue weighted by Crippen LogP contribution is -2.09. The molecule has 0 heterocycles. The number of hydrogen-bond donors (Lipinski definition) is 1. The first-order valence-corrected chi connectivity index (χ1v) is 7.18. The van der Waals surface area contributed by atoms with Gasteiger partial charge in [0, 0.05) is 22.5 Å². The van der Waals surface area contributed by atoms with Gasteiger partial charge in [0.25, 0.3) is 0 Å². The van der Waals surface area contributed by atoms with Gasteiger partial charge in [0.1, 0.15) is 5.75 Å². The SMILES string of the molecule is C[C@@H](N)c1ccc(Br)cc1OCCc1ccccc1. The second-order valence-electron chi connectivity index (χ2n) is 4.55. The van der Waals surface area contributed by atoms with Crippen molar-refractivity contribution >= 4 is 15.9 Å². The first kappa shape index (κ1) is 14.1. The molecule has 0 aliphatic rings. The van der Waals surface area contributed by atoms with E-state index < -0.39 is 0 Å². The summed E-state index contributed by atoms with van der Waals surface area (Å²) in [7, 11) is 0. The van der Waals surface area contributed by atoms with Gasteiger partial charge in [0.05, 0.1) is 6.61 Å². The summed E-state index contributed by atoms with van der Waals surface area (Å²) in [6, 6.07) is 16.3. The molecule has 0 fully saturated rings.